The Morgan fingerprint density at radius 1 is 1.06 bits per heavy atom. The zero-order valence-corrected chi connectivity index (χ0v) is 11.5. The first-order valence-corrected chi connectivity index (χ1v) is 6.81. The fourth-order valence-electron chi connectivity index (χ4n) is 2.04. The lowest BCUT2D eigenvalue weighted by atomic mass is 10.00. The molecule has 1 aromatic carbocycles. The molecule has 0 aliphatic heterocycles. The van der Waals surface area contributed by atoms with Crippen LogP contribution in [0.25, 0.3) is 0 Å². The molecule has 2 aromatic rings. The van der Waals surface area contributed by atoms with Crippen LogP contribution >= 0.6 is 11.3 Å². The summed E-state index contributed by atoms with van der Waals surface area (Å²) in [6, 6.07) is 8.87. The summed E-state index contributed by atoms with van der Waals surface area (Å²) < 4.78 is 0. The van der Waals surface area contributed by atoms with Crippen molar-refractivity contribution in [3.05, 3.63) is 56.8 Å². The van der Waals surface area contributed by atoms with E-state index in [1.807, 2.05) is 0 Å². The Labute approximate surface area is 107 Å². The molecule has 0 aliphatic carbocycles. The van der Waals surface area contributed by atoms with Gasteiger partial charge in [-0.1, -0.05) is 18.2 Å². The van der Waals surface area contributed by atoms with Gasteiger partial charge in [0.1, 0.15) is 0 Å². The number of aryl methyl sites for hydroxylation is 3. The first-order chi connectivity index (χ1) is 8.08. The van der Waals surface area contributed by atoms with Gasteiger partial charge in [0.15, 0.2) is 0 Å². The summed E-state index contributed by atoms with van der Waals surface area (Å²) in [7, 11) is 0. The van der Waals surface area contributed by atoms with E-state index in [0.717, 1.165) is 6.42 Å². The largest absolute Gasteiger partial charge is 0.323 e. The van der Waals surface area contributed by atoms with Crippen molar-refractivity contribution < 1.29 is 0 Å². The predicted molar refractivity (Wildman–Crippen MR) is 75.6 cm³/mol. The molecule has 1 aromatic heterocycles. The predicted octanol–water partition coefficient (Wildman–Crippen LogP) is 3.92. The number of thiophene rings is 1. The molecular weight excluding hydrogens is 226 g/mol. The topological polar surface area (TPSA) is 26.0 Å². The molecule has 0 spiro atoms. The lowest BCUT2D eigenvalue weighted by Crippen LogP contribution is -2.13. The van der Waals surface area contributed by atoms with Gasteiger partial charge >= 0.3 is 0 Å². The van der Waals surface area contributed by atoms with Crippen molar-refractivity contribution in [1.29, 1.82) is 0 Å². The van der Waals surface area contributed by atoms with Gasteiger partial charge in [0.25, 0.3) is 0 Å². The summed E-state index contributed by atoms with van der Waals surface area (Å²) in [5.74, 6) is 0. The summed E-state index contributed by atoms with van der Waals surface area (Å²) >= 11 is 1.76. The van der Waals surface area contributed by atoms with E-state index in [9.17, 15) is 0 Å². The van der Waals surface area contributed by atoms with E-state index in [2.05, 4.69) is 50.4 Å². The molecule has 0 saturated carbocycles. The average molecular weight is 245 g/mol. The summed E-state index contributed by atoms with van der Waals surface area (Å²) in [4.78, 5) is 1.31. The van der Waals surface area contributed by atoms with Crippen molar-refractivity contribution >= 4 is 11.3 Å². The van der Waals surface area contributed by atoms with Crippen molar-refractivity contribution in [2.24, 2.45) is 5.73 Å². The molecule has 2 N–H and O–H groups in total. The van der Waals surface area contributed by atoms with E-state index in [-0.39, 0.29) is 6.04 Å². The van der Waals surface area contributed by atoms with Crippen LogP contribution in [0.5, 0.6) is 0 Å². The second kappa shape index (κ2) is 5.03. The third-order valence-corrected chi connectivity index (χ3v) is 4.42. The van der Waals surface area contributed by atoms with Gasteiger partial charge in [-0.2, -0.15) is 0 Å². The van der Waals surface area contributed by atoms with Crippen LogP contribution < -0.4 is 5.73 Å². The Hall–Kier alpha value is -1.12. The number of nitrogens with two attached hydrogens (primary N) is 1. The van der Waals surface area contributed by atoms with Crippen molar-refractivity contribution in [1.82, 2.24) is 0 Å². The lowest BCUT2D eigenvalue weighted by molar-refractivity contribution is 0.731. The Morgan fingerprint density at radius 3 is 2.41 bits per heavy atom. The van der Waals surface area contributed by atoms with E-state index in [0.29, 0.717) is 0 Å². The minimum atomic E-state index is 0.122. The van der Waals surface area contributed by atoms with Crippen LogP contribution in [0.2, 0.25) is 0 Å². The zero-order chi connectivity index (χ0) is 12.4. The Bertz CT molecular complexity index is 513. The molecule has 2 rings (SSSR count). The van der Waals surface area contributed by atoms with Crippen molar-refractivity contribution in [2.75, 3.05) is 0 Å². The number of hydrogen-bond donors (Lipinski definition) is 1. The molecule has 17 heavy (non-hydrogen) atoms. The number of rotatable bonds is 3. The molecule has 0 bridgehead atoms. The summed E-state index contributed by atoms with van der Waals surface area (Å²) in [5, 5.41) is 2.12. The second-order valence-electron chi connectivity index (χ2n) is 4.70. The highest BCUT2D eigenvalue weighted by Crippen LogP contribution is 2.25. The quantitative estimate of drug-likeness (QED) is 0.871. The highest BCUT2D eigenvalue weighted by molar-refractivity contribution is 7.10. The third-order valence-electron chi connectivity index (χ3n) is 3.27. The molecule has 0 saturated heterocycles. The molecule has 0 aliphatic rings. The van der Waals surface area contributed by atoms with Gasteiger partial charge in [-0.15, -0.1) is 11.3 Å². The van der Waals surface area contributed by atoms with Gasteiger partial charge < -0.3 is 5.73 Å². The van der Waals surface area contributed by atoms with Crippen LogP contribution in [0.15, 0.2) is 29.6 Å². The summed E-state index contributed by atoms with van der Waals surface area (Å²) in [6.07, 6.45) is 0.919. The SMILES string of the molecule is Cc1ccc(CC(N)c2sccc2C)cc1C. The smallest absolute Gasteiger partial charge is 0.0433 e. The molecule has 1 heterocycles. The molecule has 0 fully saturated rings. The van der Waals surface area contributed by atoms with Gasteiger partial charge in [-0.3, -0.25) is 0 Å². The highest BCUT2D eigenvalue weighted by Gasteiger charge is 2.11. The fraction of sp³-hybridized carbons (Fsp3) is 0.333. The fourth-order valence-corrected chi connectivity index (χ4v) is 2.97. The van der Waals surface area contributed by atoms with E-state index >= 15 is 0 Å². The third kappa shape index (κ3) is 2.76. The molecule has 0 amide bonds. The highest BCUT2D eigenvalue weighted by atomic mass is 32.1. The second-order valence-corrected chi connectivity index (χ2v) is 5.64. The minimum Gasteiger partial charge on any atom is -0.323 e. The maximum atomic E-state index is 6.27. The Balaban J connectivity index is 2.16. The first kappa shape index (κ1) is 12.3. The van der Waals surface area contributed by atoms with Crippen molar-refractivity contribution in [2.45, 2.75) is 33.2 Å². The van der Waals surface area contributed by atoms with E-state index in [1.54, 1.807) is 11.3 Å². The van der Waals surface area contributed by atoms with Crippen LogP contribution in [0.3, 0.4) is 0 Å². The van der Waals surface area contributed by atoms with E-state index in [4.69, 9.17) is 5.73 Å². The summed E-state index contributed by atoms with van der Waals surface area (Å²) in [6.45, 7) is 6.43. The van der Waals surface area contributed by atoms with E-state index in [1.165, 1.54) is 27.1 Å². The Morgan fingerprint density at radius 2 is 1.82 bits per heavy atom. The Kier molecular flexibility index (Phi) is 3.65. The lowest BCUT2D eigenvalue weighted by Gasteiger charge is -2.12. The zero-order valence-electron chi connectivity index (χ0n) is 10.7. The standard InChI is InChI=1S/C15H19NS/c1-10-4-5-13(8-12(10)3)9-14(16)15-11(2)6-7-17-15/h4-8,14H,9,16H2,1-3H3. The van der Waals surface area contributed by atoms with Gasteiger partial charge in [0, 0.05) is 10.9 Å². The van der Waals surface area contributed by atoms with Gasteiger partial charge in [-0.25, -0.2) is 0 Å². The van der Waals surface area contributed by atoms with E-state index < -0.39 is 0 Å². The van der Waals surface area contributed by atoms with Crippen LogP contribution in [-0.2, 0) is 6.42 Å². The van der Waals surface area contributed by atoms with Crippen LogP contribution in [0, 0.1) is 20.8 Å². The molecule has 1 unspecified atom stereocenters. The monoisotopic (exact) mass is 245 g/mol. The molecule has 2 heteroatoms. The molecule has 0 radical (unpaired) electrons. The molecular formula is C15H19NS. The van der Waals surface area contributed by atoms with Crippen LogP contribution in [-0.4, -0.2) is 0 Å². The first-order valence-electron chi connectivity index (χ1n) is 5.93. The molecule has 1 atom stereocenters. The maximum absolute atomic E-state index is 6.27. The number of hydrogen-bond acceptors (Lipinski definition) is 2. The van der Waals surface area contributed by atoms with Crippen molar-refractivity contribution in [3.8, 4) is 0 Å². The summed E-state index contributed by atoms with van der Waals surface area (Å²) in [5.41, 5.74) is 11.6. The molecule has 1 nitrogen and oxygen atoms in total. The molecule has 90 valence electrons. The van der Waals surface area contributed by atoms with Crippen molar-refractivity contribution in [3.63, 3.8) is 0 Å². The van der Waals surface area contributed by atoms with Gasteiger partial charge in [0.2, 0.25) is 0 Å². The van der Waals surface area contributed by atoms with Gasteiger partial charge in [-0.05, 0) is 60.9 Å². The minimum absolute atomic E-state index is 0.122. The normalized spacial score (nSPS) is 12.7. The average Bonchev–Trinajstić information content (AvgIpc) is 2.70. The van der Waals surface area contributed by atoms with Crippen LogP contribution in [0.4, 0.5) is 0 Å². The van der Waals surface area contributed by atoms with Gasteiger partial charge in [0.05, 0.1) is 0 Å². The maximum Gasteiger partial charge on any atom is 0.0433 e. The van der Waals surface area contributed by atoms with Crippen LogP contribution in [0.1, 0.15) is 33.2 Å². The number of benzene rings is 1.